The molecule has 2 aliphatic carbocycles. The van der Waals surface area contributed by atoms with Gasteiger partial charge in [0.2, 0.25) is 0 Å². The Bertz CT molecular complexity index is 1210. The lowest BCUT2D eigenvalue weighted by atomic mass is 9.76. The molecule has 5 rings (SSSR count). The number of amides is 2. The first-order valence-corrected chi connectivity index (χ1v) is 14.5. The minimum atomic E-state index is -0.899. The van der Waals surface area contributed by atoms with Crippen LogP contribution in [0.2, 0.25) is 0 Å². The van der Waals surface area contributed by atoms with Crippen LogP contribution < -0.4 is 0 Å². The molecule has 2 fully saturated rings. The minimum Gasteiger partial charge on any atom is -0.481 e. The Morgan fingerprint density at radius 1 is 0.975 bits per heavy atom. The summed E-state index contributed by atoms with van der Waals surface area (Å²) in [5.74, 6) is -0.464. The van der Waals surface area contributed by atoms with E-state index in [0.717, 1.165) is 47.9 Å². The van der Waals surface area contributed by atoms with Gasteiger partial charge in [0.25, 0.3) is 0 Å². The van der Waals surface area contributed by atoms with E-state index in [0.29, 0.717) is 18.9 Å². The highest BCUT2D eigenvalue weighted by molar-refractivity contribution is 5.79. The van der Waals surface area contributed by atoms with Gasteiger partial charge in [-0.2, -0.15) is 0 Å². The van der Waals surface area contributed by atoms with Gasteiger partial charge in [0, 0.05) is 25.4 Å². The summed E-state index contributed by atoms with van der Waals surface area (Å²) in [6, 6.07) is 16.0. The normalized spacial score (nSPS) is 21.8. The zero-order valence-electron chi connectivity index (χ0n) is 23.7. The third-order valence-electron chi connectivity index (χ3n) is 8.46. The van der Waals surface area contributed by atoms with Crippen LogP contribution in [0, 0.1) is 5.92 Å². The Morgan fingerprint density at radius 2 is 1.62 bits per heavy atom. The lowest BCUT2D eigenvalue weighted by Gasteiger charge is -2.50. The maximum atomic E-state index is 13.8. The summed E-state index contributed by atoms with van der Waals surface area (Å²) in [4.78, 5) is 41.7. The molecule has 2 aromatic carbocycles. The van der Waals surface area contributed by atoms with Crippen LogP contribution in [-0.2, 0) is 14.3 Å². The van der Waals surface area contributed by atoms with Crippen molar-refractivity contribution in [2.24, 2.45) is 5.92 Å². The molecule has 2 aromatic rings. The van der Waals surface area contributed by atoms with E-state index in [-0.39, 0.29) is 43.7 Å². The number of nitrogens with zero attached hydrogens (tertiary/aromatic N) is 2. The van der Waals surface area contributed by atoms with Crippen molar-refractivity contribution in [3.8, 4) is 11.1 Å². The highest BCUT2D eigenvalue weighted by atomic mass is 16.6. The maximum absolute atomic E-state index is 13.8. The van der Waals surface area contributed by atoms with E-state index in [9.17, 15) is 19.5 Å². The Balaban J connectivity index is 1.36. The quantitative estimate of drug-likeness (QED) is 0.437. The molecule has 1 heterocycles. The number of ether oxygens (including phenoxy) is 2. The Morgan fingerprint density at radius 3 is 2.25 bits per heavy atom. The number of rotatable bonds is 7. The molecule has 1 saturated carbocycles. The van der Waals surface area contributed by atoms with Gasteiger partial charge in [-0.05, 0) is 81.0 Å². The van der Waals surface area contributed by atoms with Gasteiger partial charge in [-0.15, -0.1) is 0 Å². The molecule has 8 heteroatoms. The van der Waals surface area contributed by atoms with Crippen molar-refractivity contribution in [2.75, 3.05) is 19.7 Å². The SMILES string of the molecule is CC(C)(C)OC(=O)N1CCC2CCC(N(CCCC(=O)O)C(=O)OCC3c4ccccc4-c4ccccc43)C1C2. The Kier molecular flexibility index (Phi) is 8.06. The highest BCUT2D eigenvalue weighted by Crippen LogP contribution is 2.45. The Hall–Kier alpha value is -3.55. The largest absolute Gasteiger partial charge is 0.481 e. The number of carbonyl (C=O) groups is 3. The minimum absolute atomic E-state index is 0.0387. The van der Waals surface area contributed by atoms with Crippen molar-refractivity contribution in [2.45, 2.75) is 82.9 Å². The molecule has 1 saturated heterocycles. The highest BCUT2D eigenvalue weighted by Gasteiger charge is 2.45. The second kappa shape index (κ2) is 11.5. The third-order valence-corrected chi connectivity index (χ3v) is 8.46. The van der Waals surface area contributed by atoms with Crippen LogP contribution >= 0.6 is 0 Å². The lowest BCUT2D eigenvalue weighted by molar-refractivity contribution is -0.137. The zero-order chi connectivity index (χ0) is 28.4. The van der Waals surface area contributed by atoms with E-state index in [1.807, 2.05) is 45.0 Å². The number of piperidine rings is 1. The molecule has 2 amide bonds. The van der Waals surface area contributed by atoms with Gasteiger partial charge in [-0.25, -0.2) is 9.59 Å². The fourth-order valence-electron chi connectivity index (χ4n) is 6.68. The van der Waals surface area contributed by atoms with E-state index in [2.05, 4.69) is 24.3 Å². The number of carboxylic acids is 1. The summed E-state index contributed by atoms with van der Waals surface area (Å²) in [6.07, 6.45) is 2.90. The number of aliphatic carboxylic acids is 1. The second-order valence-electron chi connectivity index (χ2n) is 12.3. The van der Waals surface area contributed by atoms with E-state index in [4.69, 9.17) is 9.47 Å². The van der Waals surface area contributed by atoms with Crippen LogP contribution in [-0.4, -0.2) is 70.4 Å². The summed E-state index contributed by atoms with van der Waals surface area (Å²) in [7, 11) is 0. The molecular weight excluding hydrogens is 508 g/mol. The summed E-state index contributed by atoms with van der Waals surface area (Å²) in [6.45, 7) is 6.60. The van der Waals surface area contributed by atoms with Crippen LogP contribution in [0.25, 0.3) is 11.1 Å². The standard InChI is InChI=1S/C32H40N2O6/c1-32(2,3)40-31(38)34-18-16-21-14-15-27(28(34)19-21)33(17-8-13-29(35)36)30(37)39-20-26-24-11-6-4-9-22(24)23-10-5-7-12-25(23)26/h4-7,9-12,21,26-28H,8,13-20H2,1-3H3,(H,35,36). The topological polar surface area (TPSA) is 96.4 Å². The first-order chi connectivity index (χ1) is 19.1. The molecule has 8 nitrogen and oxygen atoms in total. The smallest absolute Gasteiger partial charge is 0.410 e. The number of hydrogen-bond acceptors (Lipinski definition) is 5. The number of fused-ring (bicyclic) bond motifs is 5. The monoisotopic (exact) mass is 548 g/mol. The van der Waals surface area contributed by atoms with Crippen LogP contribution in [0.15, 0.2) is 48.5 Å². The van der Waals surface area contributed by atoms with Crippen LogP contribution in [0.5, 0.6) is 0 Å². The van der Waals surface area contributed by atoms with Crippen molar-refractivity contribution >= 4 is 18.2 Å². The number of carbonyl (C=O) groups excluding carboxylic acids is 2. The van der Waals surface area contributed by atoms with Gasteiger partial charge in [-0.1, -0.05) is 48.5 Å². The summed E-state index contributed by atoms with van der Waals surface area (Å²) < 4.78 is 11.8. The van der Waals surface area contributed by atoms with Crippen molar-refractivity contribution in [1.29, 1.82) is 0 Å². The molecule has 1 N–H and O–H groups in total. The van der Waals surface area contributed by atoms with Gasteiger partial charge >= 0.3 is 18.2 Å². The zero-order valence-corrected chi connectivity index (χ0v) is 23.7. The first kappa shape index (κ1) is 28.0. The molecule has 3 aliphatic rings. The van der Waals surface area contributed by atoms with Crippen LogP contribution in [0.1, 0.15) is 76.3 Å². The van der Waals surface area contributed by atoms with E-state index < -0.39 is 17.7 Å². The van der Waals surface area contributed by atoms with E-state index in [1.54, 1.807) is 9.80 Å². The van der Waals surface area contributed by atoms with E-state index >= 15 is 0 Å². The average molecular weight is 549 g/mol. The number of benzene rings is 2. The molecule has 2 bridgehead atoms. The maximum Gasteiger partial charge on any atom is 0.410 e. The first-order valence-electron chi connectivity index (χ1n) is 14.5. The molecule has 0 aromatic heterocycles. The van der Waals surface area contributed by atoms with Crippen molar-refractivity contribution in [3.05, 3.63) is 59.7 Å². The molecular formula is C32H40N2O6. The predicted molar refractivity (Wildman–Crippen MR) is 151 cm³/mol. The molecule has 0 radical (unpaired) electrons. The molecule has 3 unspecified atom stereocenters. The van der Waals surface area contributed by atoms with Gasteiger partial charge in [0.1, 0.15) is 12.2 Å². The van der Waals surface area contributed by atoms with Gasteiger partial charge in [0.15, 0.2) is 0 Å². The van der Waals surface area contributed by atoms with Crippen LogP contribution in [0.4, 0.5) is 9.59 Å². The molecule has 1 aliphatic heterocycles. The van der Waals surface area contributed by atoms with Crippen LogP contribution in [0.3, 0.4) is 0 Å². The molecule has 3 atom stereocenters. The third kappa shape index (κ3) is 5.96. The Labute approximate surface area is 236 Å². The van der Waals surface area contributed by atoms with Crippen molar-refractivity contribution in [1.82, 2.24) is 9.80 Å². The molecule has 40 heavy (non-hydrogen) atoms. The fraction of sp³-hybridized carbons (Fsp3) is 0.531. The van der Waals surface area contributed by atoms with Gasteiger partial charge < -0.3 is 24.4 Å². The number of carboxylic acid groups (broad SMARTS) is 1. The van der Waals surface area contributed by atoms with Crippen molar-refractivity contribution < 1.29 is 29.0 Å². The predicted octanol–water partition coefficient (Wildman–Crippen LogP) is 6.28. The van der Waals surface area contributed by atoms with E-state index in [1.165, 1.54) is 0 Å². The summed E-state index contributed by atoms with van der Waals surface area (Å²) >= 11 is 0. The average Bonchev–Trinajstić information content (AvgIpc) is 3.23. The number of hydrogen-bond donors (Lipinski definition) is 1. The van der Waals surface area contributed by atoms with Gasteiger partial charge in [-0.3, -0.25) is 4.79 Å². The summed E-state index contributed by atoms with van der Waals surface area (Å²) in [5, 5.41) is 9.27. The van der Waals surface area contributed by atoms with Crippen molar-refractivity contribution in [3.63, 3.8) is 0 Å². The summed E-state index contributed by atoms with van der Waals surface area (Å²) in [5.41, 5.74) is 3.97. The fourth-order valence-corrected chi connectivity index (χ4v) is 6.68. The molecule has 0 spiro atoms. The van der Waals surface area contributed by atoms with Gasteiger partial charge in [0.05, 0.1) is 12.1 Å². The second-order valence-corrected chi connectivity index (χ2v) is 12.3. The molecule has 214 valence electrons. The number of likely N-dealkylation sites (tertiary alicyclic amines) is 1. The lowest BCUT2D eigenvalue weighted by Crippen LogP contribution is -2.61.